The molecule has 10 aromatic rings. The Morgan fingerprint density at radius 2 is 0.750 bits per heavy atom. The van der Waals surface area contributed by atoms with Crippen LogP contribution in [0.15, 0.2) is 229 Å². The molecule has 0 bridgehead atoms. The van der Waals surface area contributed by atoms with Crippen LogP contribution in [0.2, 0.25) is 0 Å². The second-order valence-corrected chi connectivity index (χ2v) is 14.2. The molecule has 0 N–H and O–H groups in total. The van der Waals surface area contributed by atoms with Crippen molar-refractivity contribution in [3.63, 3.8) is 0 Å². The monoisotopic (exact) mass is 715 g/mol. The van der Waals surface area contributed by atoms with Crippen molar-refractivity contribution in [1.29, 1.82) is 0 Å². The normalized spacial score (nSPS) is 11.2. The highest BCUT2D eigenvalue weighted by Gasteiger charge is 2.16. The maximum absolute atomic E-state index is 6.31. The lowest BCUT2D eigenvalue weighted by molar-refractivity contribution is 0.631. The van der Waals surface area contributed by atoms with E-state index in [4.69, 9.17) is 4.42 Å². The van der Waals surface area contributed by atoms with E-state index in [-0.39, 0.29) is 0 Å². The molecular formula is C54H37NO. The molecule has 0 atom stereocenters. The van der Waals surface area contributed by atoms with E-state index in [0.717, 1.165) is 39.4 Å². The molecule has 0 aliphatic carbocycles. The molecule has 0 unspecified atom stereocenters. The van der Waals surface area contributed by atoms with Crippen LogP contribution in [0, 0.1) is 0 Å². The maximum Gasteiger partial charge on any atom is 0.135 e. The van der Waals surface area contributed by atoms with Crippen molar-refractivity contribution in [2.45, 2.75) is 0 Å². The first-order valence-electron chi connectivity index (χ1n) is 19.1. The highest BCUT2D eigenvalue weighted by atomic mass is 16.3. The Morgan fingerprint density at radius 1 is 0.286 bits per heavy atom. The van der Waals surface area contributed by atoms with E-state index >= 15 is 0 Å². The molecule has 0 amide bonds. The summed E-state index contributed by atoms with van der Waals surface area (Å²) in [6.45, 7) is 0. The first kappa shape index (κ1) is 33.2. The van der Waals surface area contributed by atoms with Crippen molar-refractivity contribution in [2.24, 2.45) is 0 Å². The van der Waals surface area contributed by atoms with Gasteiger partial charge in [0.15, 0.2) is 0 Å². The lowest BCUT2D eigenvalue weighted by Crippen LogP contribution is -2.10. The van der Waals surface area contributed by atoms with Gasteiger partial charge in [0.05, 0.1) is 0 Å². The average Bonchev–Trinajstić information content (AvgIpc) is 3.72. The third kappa shape index (κ3) is 6.44. The SMILES string of the molecule is c1ccc(-c2ccc(-c3ccc(N(c4ccc(-c5ccc(-c6cccc7ccccc67)cc5)cc4)c4cccc(-c5cc6ccccc6o5)c4)cc3)cc2)cc1. The van der Waals surface area contributed by atoms with Gasteiger partial charge in [0, 0.05) is 28.0 Å². The second kappa shape index (κ2) is 14.4. The number of furan rings is 1. The maximum atomic E-state index is 6.31. The summed E-state index contributed by atoms with van der Waals surface area (Å²) in [6, 6.07) is 80.0. The Kier molecular flexibility index (Phi) is 8.55. The summed E-state index contributed by atoms with van der Waals surface area (Å²) in [6.07, 6.45) is 0. The fraction of sp³-hybridized carbons (Fsp3) is 0. The van der Waals surface area contributed by atoms with Gasteiger partial charge < -0.3 is 9.32 Å². The van der Waals surface area contributed by atoms with Gasteiger partial charge in [0.2, 0.25) is 0 Å². The minimum Gasteiger partial charge on any atom is -0.456 e. The zero-order valence-corrected chi connectivity index (χ0v) is 30.7. The van der Waals surface area contributed by atoms with Crippen molar-refractivity contribution in [2.75, 3.05) is 4.90 Å². The van der Waals surface area contributed by atoms with Gasteiger partial charge in [0.1, 0.15) is 11.3 Å². The van der Waals surface area contributed by atoms with Gasteiger partial charge in [-0.15, -0.1) is 0 Å². The largest absolute Gasteiger partial charge is 0.456 e. The molecule has 264 valence electrons. The summed E-state index contributed by atoms with van der Waals surface area (Å²) < 4.78 is 6.31. The van der Waals surface area contributed by atoms with E-state index in [9.17, 15) is 0 Å². The molecule has 0 radical (unpaired) electrons. The molecule has 1 aromatic heterocycles. The van der Waals surface area contributed by atoms with Crippen LogP contribution in [0.4, 0.5) is 17.1 Å². The number of benzene rings is 9. The van der Waals surface area contributed by atoms with E-state index in [1.165, 1.54) is 55.3 Å². The number of anilines is 3. The Balaban J connectivity index is 0.987. The van der Waals surface area contributed by atoms with Crippen LogP contribution < -0.4 is 4.90 Å². The molecule has 0 fully saturated rings. The van der Waals surface area contributed by atoms with Crippen LogP contribution in [0.5, 0.6) is 0 Å². The minimum atomic E-state index is 0.851. The number of hydrogen-bond donors (Lipinski definition) is 0. The summed E-state index contributed by atoms with van der Waals surface area (Å²) in [5.74, 6) is 0.851. The molecule has 56 heavy (non-hydrogen) atoms. The third-order valence-electron chi connectivity index (χ3n) is 10.7. The molecule has 0 saturated heterocycles. The molecule has 0 spiro atoms. The van der Waals surface area contributed by atoms with Gasteiger partial charge >= 0.3 is 0 Å². The molecule has 1 heterocycles. The Labute approximate surface area is 327 Å². The molecule has 0 saturated carbocycles. The van der Waals surface area contributed by atoms with Crippen LogP contribution in [0.1, 0.15) is 0 Å². The first-order valence-corrected chi connectivity index (χ1v) is 19.1. The summed E-state index contributed by atoms with van der Waals surface area (Å²) >= 11 is 0. The van der Waals surface area contributed by atoms with Crippen molar-refractivity contribution < 1.29 is 4.42 Å². The molecule has 0 aliphatic rings. The lowest BCUT2D eigenvalue weighted by Gasteiger charge is -2.26. The zero-order chi connectivity index (χ0) is 37.3. The third-order valence-corrected chi connectivity index (χ3v) is 10.7. The van der Waals surface area contributed by atoms with E-state index in [2.05, 4.69) is 211 Å². The standard InChI is InChI=1S/C54H37NO/c1-2-10-38(11-3-1)39-20-22-40(23-21-39)42-28-32-48(33-29-42)55(50-16-8-15-46(36-50)54-37-47-13-5-7-19-53(47)56-54)49-34-30-43(31-35-49)41-24-26-45(27-25-41)52-18-9-14-44-12-4-6-17-51(44)52/h1-37H. The topological polar surface area (TPSA) is 16.4 Å². The fourth-order valence-corrected chi connectivity index (χ4v) is 7.78. The first-order chi connectivity index (χ1) is 27.7. The van der Waals surface area contributed by atoms with Crippen LogP contribution in [0.3, 0.4) is 0 Å². The van der Waals surface area contributed by atoms with Crippen molar-refractivity contribution in [3.05, 3.63) is 224 Å². The predicted octanol–water partition coefficient (Wildman–Crippen LogP) is 15.4. The van der Waals surface area contributed by atoms with E-state index in [1.807, 2.05) is 18.2 Å². The number of nitrogens with zero attached hydrogens (tertiary/aromatic N) is 1. The van der Waals surface area contributed by atoms with Gasteiger partial charge in [0.25, 0.3) is 0 Å². The van der Waals surface area contributed by atoms with Crippen LogP contribution >= 0.6 is 0 Å². The predicted molar refractivity (Wildman–Crippen MR) is 236 cm³/mol. The highest BCUT2D eigenvalue weighted by Crippen LogP contribution is 2.40. The van der Waals surface area contributed by atoms with Gasteiger partial charge in [-0.2, -0.15) is 0 Å². The lowest BCUT2D eigenvalue weighted by atomic mass is 9.96. The number of rotatable bonds is 8. The molecule has 2 nitrogen and oxygen atoms in total. The minimum absolute atomic E-state index is 0.851. The van der Waals surface area contributed by atoms with Gasteiger partial charge in [-0.25, -0.2) is 0 Å². The molecule has 9 aromatic carbocycles. The second-order valence-electron chi connectivity index (χ2n) is 14.2. The van der Waals surface area contributed by atoms with Gasteiger partial charge in [-0.1, -0.05) is 176 Å². The smallest absolute Gasteiger partial charge is 0.135 e. The van der Waals surface area contributed by atoms with Gasteiger partial charge in [-0.3, -0.25) is 0 Å². The average molecular weight is 716 g/mol. The molecule has 0 aliphatic heterocycles. The van der Waals surface area contributed by atoms with Crippen LogP contribution in [-0.2, 0) is 0 Å². The molecule has 2 heteroatoms. The molecular weight excluding hydrogens is 679 g/mol. The van der Waals surface area contributed by atoms with Crippen molar-refractivity contribution in [1.82, 2.24) is 0 Å². The molecule has 10 rings (SSSR count). The fourth-order valence-electron chi connectivity index (χ4n) is 7.78. The van der Waals surface area contributed by atoms with Crippen molar-refractivity contribution in [3.8, 4) is 55.8 Å². The zero-order valence-electron chi connectivity index (χ0n) is 30.7. The Hall–Kier alpha value is -7.42. The van der Waals surface area contributed by atoms with E-state index in [1.54, 1.807) is 0 Å². The quantitative estimate of drug-likeness (QED) is 0.156. The summed E-state index contributed by atoms with van der Waals surface area (Å²) in [5, 5.41) is 3.62. The number of para-hydroxylation sites is 1. The summed E-state index contributed by atoms with van der Waals surface area (Å²) in [4.78, 5) is 2.32. The van der Waals surface area contributed by atoms with Crippen molar-refractivity contribution >= 4 is 38.8 Å². The summed E-state index contributed by atoms with van der Waals surface area (Å²) in [7, 11) is 0. The van der Waals surface area contributed by atoms with E-state index in [0.29, 0.717) is 0 Å². The summed E-state index contributed by atoms with van der Waals surface area (Å²) in [5.41, 5.74) is 14.7. The highest BCUT2D eigenvalue weighted by molar-refractivity contribution is 5.97. The van der Waals surface area contributed by atoms with E-state index < -0.39 is 0 Å². The van der Waals surface area contributed by atoms with Crippen LogP contribution in [0.25, 0.3) is 77.6 Å². The Morgan fingerprint density at radius 3 is 1.38 bits per heavy atom. The number of hydrogen-bond acceptors (Lipinski definition) is 2. The number of fused-ring (bicyclic) bond motifs is 2. The Bertz CT molecular complexity index is 2890. The van der Waals surface area contributed by atoms with Crippen LogP contribution in [-0.4, -0.2) is 0 Å². The van der Waals surface area contributed by atoms with Gasteiger partial charge in [-0.05, 0) is 104 Å².